The van der Waals surface area contributed by atoms with Gasteiger partial charge < -0.3 is 20.3 Å². The van der Waals surface area contributed by atoms with Crippen LogP contribution in [0.1, 0.15) is 19.8 Å². The molecule has 1 aromatic carbocycles. The van der Waals surface area contributed by atoms with Crippen LogP contribution in [0.3, 0.4) is 0 Å². The van der Waals surface area contributed by atoms with Crippen LogP contribution in [0, 0.1) is 0 Å². The van der Waals surface area contributed by atoms with Crippen molar-refractivity contribution in [2.75, 3.05) is 31.5 Å². The summed E-state index contributed by atoms with van der Waals surface area (Å²) < 4.78 is 28.9. The number of nitrogens with zero attached hydrogens (tertiary/aromatic N) is 2. The van der Waals surface area contributed by atoms with E-state index in [0.717, 1.165) is 12.8 Å². The van der Waals surface area contributed by atoms with Crippen molar-refractivity contribution in [2.24, 2.45) is 0 Å². The van der Waals surface area contributed by atoms with Crippen LogP contribution >= 0.6 is 0 Å². The number of carbonyl (C=O) groups excluding carboxylic acids is 2. The van der Waals surface area contributed by atoms with E-state index in [-0.39, 0.29) is 23.7 Å². The number of benzene rings is 1. The predicted molar refractivity (Wildman–Crippen MR) is 95.9 cm³/mol. The molecule has 0 radical (unpaired) electrons. The summed E-state index contributed by atoms with van der Waals surface area (Å²) in [5.41, 5.74) is 0.387. The lowest BCUT2D eigenvalue weighted by molar-refractivity contribution is -0.126. The standard InChI is InChI=1S/C18H24F2N4O3/c1-12(16(25)21-13-5-6-13)23-7-9-24(10-8-23)18(26)22-14-3-2-4-15(11-14)27-17(19)20/h2-4,11-13,17H,5-10H2,1H3,(H,21,25)(H,22,26). The first-order valence-corrected chi connectivity index (χ1v) is 9.07. The summed E-state index contributed by atoms with van der Waals surface area (Å²) in [5, 5.41) is 5.69. The first kappa shape index (κ1) is 19.3. The molecule has 1 heterocycles. The molecule has 0 bridgehead atoms. The summed E-state index contributed by atoms with van der Waals surface area (Å²) in [6.45, 7) is 1.13. The summed E-state index contributed by atoms with van der Waals surface area (Å²) in [6, 6.07) is 5.69. The first-order valence-electron chi connectivity index (χ1n) is 9.07. The fourth-order valence-electron chi connectivity index (χ4n) is 2.98. The highest BCUT2D eigenvalue weighted by molar-refractivity contribution is 5.89. The predicted octanol–water partition coefficient (Wildman–Crippen LogP) is 2.10. The van der Waals surface area contributed by atoms with Crippen molar-refractivity contribution in [3.63, 3.8) is 0 Å². The van der Waals surface area contributed by atoms with Crippen molar-refractivity contribution < 1.29 is 23.1 Å². The molecule has 1 atom stereocenters. The van der Waals surface area contributed by atoms with Gasteiger partial charge in [0.15, 0.2) is 0 Å². The number of piperazine rings is 1. The van der Waals surface area contributed by atoms with Crippen molar-refractivity contribution in [3.05, 3.63) is 24.3 Å². The zero-order valence-corrected chi connectivity index (χ0v) is 15.2. The molecule has 0 spiro atoms. The quantitative estimate of drug-likeness (QED) is 0.790. The van der Waals surface area contributed by atoms with Gasteiger partial charge in [0.2, 0.25) is 5.91 Å². The van der Waals surface area contributed by atoms with Crippen LogP contribution in [-0.4, -0.2) is 66.6 Å². The maximum Gasteiger partial charge on any atom is 0.387 e. The van der Waals surface area contributed by atoms with Gasteiger partial charge in [0.1, 0.15) is 5.75 Å². The maximum atomic E-state index is 12.4. The molecule has 1 aliphatic carbocycles. The zero-order chi connectivity index (χ0) is 19.4. The largest absolute Gasteiger partial charge is 0.435 e. The Kier molecular flexibility index (Phi) is 6.10. The highest BCUT2D eigenvalue weighted by atomic mass is 19.3. The Bertz CT molecular complexity index is 676. The lowest BCUT2D eigenvalue weighted by Crippen LogP contribution is -2.55. The third kappa shape index (κ3) is 5.53. The number of nitrogens with one attached hydrogen (secondary N) is 2. The highest BCUT2D eigenvalue weighted by Crippen LogP contribution is 2.21. The van der Waals surface area contributed by atoms with E-state index >= 15 is 0 Å². The Hall–Kier alpha value is -2.42. The van der Waals surface area contributed by atoms with Crippen LogP contribution in [-0.2, 0) is 4.79 Å². The number of alkyl halides is 2. The Labute approximate surface area is 156 Å². The zero-order valence-electron chi connectivity index (χ0n) is 15.2. The van der Waals surface area contributed by atoms with E-state index in [1.165, 1.54) is 18.2 Å². The number of hydrogen-bond donors (Lipinski definition) is 2. The smallest absolute Gasteiger partial charge is 0.387 e. The second-order valence-corrected chi connectivity index (χ2v) is 6.82. The third-order valence-electron chi connectivity index (χ3n) is 4.76. The molecule has 2 aliphatic rings. The van der Waals surface area contributed by atoms with E-state index in [4.69, 9.17) is 0 Å². The van der Waals surface area contributed by atoms with E-state index in [0.29, 0.717) is 37.9 Å². The Morgan fingerprint density at radius 1 is 1.19 bits per heavy atom. The van der Waals surface area contributed by atoms with Crippen LogP contribution in [0.2, 0.25) is 0 Å². The summed E-state index contributed by atoms with van der Waals surface area (Å²) in [6.07, 6.45) is 2.10. The number of rotatable bonds is 6. The number of halogens is 2. The molecule has 27 heavy (non-hydrogen) atoms. The first-order chi connectivity index (χ1) is 12.9. The van der Waals surface area contributed by atoms with Crippen molar-refractivity contribution >= 4 is 17.6 Å². The van der Waals surface area contributed by atoms with Crippen LogP contribution in [0.5, 0.6) is 5.75 Å². The van der Waals surface area contributed by atoms with Gasteiger partial charge in [-0.3, -0.25) is 9.69 Å². The molecular weight excluding hydrogens is 358 g/mol. The number of hydrogen-bond acceptors (Lipinski definition) is 4. The highest BCUT2D eigenvalue weighted by Gasteiger charge is 2.30. The third-order valence-corrected chi connectivity index (χ3v) is 4.76. The molecule has 3 rings (SSSR count). The van der Waals surface area contributed by atoms with Crippen molar-refractivity contribution in [1.29, 1.82) is 0 Å². The Balaban J connectivity index is 1.47. The van der Waals surface area contributed by atoms with Crippen LogP contribution in [0.15, 0.2) is 24.3 Å². The van der Waals surface area contributed by atoms with Gasteiger partial charge in [0.25, 0.3) is 0 Å². The van der Waals surface area contributed by atoms with Gasteiger partial charge in [-0.15, -0.1) is 0 Å². The fourth-order valence-corrected chi connectivity index (χ4v) is 2.98. The number of urea groups is 1. The summed E-state index contributed by atoms with van der Waals surface area (Å²) in [7, 11) is 0. The van der Waals surface area contributed by atoms with Gasteiger partial charge in [0, 0.05) is 44.0 Å². The molecular formula is C18H24F2N4O3. The van der Waals surface area contributed by atoms with E-state index < -0.39 is 6.61 Å². The fraction of sp³-hybridized carbons (Fsp3) is 0.556. The Morgan fingerprint density at radius 3 is 2.52 bits per heavy atom. The SMILES string of the molecule is CC(C(=O)NC1CC1)N1CCN(C(=O)Nc2cccc(OC(F)F)c2)CC1. The molecule has 2 fully saturated rings. The van der Waals surface area contributed by atoms with E-state index in [1.54, 1.807) is 11.0 Å². The molecule has 9 heteroatoms. The molecule has 1 aliphatic heterocycles. The molecule has 1 aromatic rings. The van der Waals surface area contributed by atoms with Gasteiger partial charge in [-0.2, -0.15) is 8.78 Å². The number of ether oxygens (including phenoxy) is 1. The van der Waals surface area contributed by atoms with Crippen LogP contribution in [0.25, 0.3) is 0 Å². The lowest BCUT2D eigenvalue weighted by Gasteiger charge is -2.37. The van der Waals surface area contributed by atoms with E-state index in [9.17, 15) is 18.4 Å². The summed E-state index contributed by atoms with van der Waals surface area (Å²) in [5.74, 6) is 0.0226. The minimum atomic E-state index is -2.91. The summed E-state index contributed by atoms with van der Waals surface area (Å²) >= 11 is 0. The summed E-state index contributed by atoms with van der Waals surface area (Å²) in [4.78, 5) is 28.2. The number of carbonyl (C=O) groups is 2. The molecule has 148 valence electrons. The number of amides is 3. The second-order valence-electron chi connectivity index (χ2n) is 6.82. The minimum absolute atomic E-state index is 0.0110. The van der Waals surface area contributed by atoms with Crippen molar-refractivity contribution in [2.45, 2.75) is 38.5 Å². The van der Waals surface area contributed by atoms with Crippen LogP contribution < -0.4 is 15.4 Å². The molecule has 7 nitrogen and oxygen atoms in total. The molecule has 1 saturated heterocycles. The Morgan fingerprint density at radius 2 is 1.89 bits per heavy atom. The molecule has 1 unspecified atom stereocenters. The average Bonchev–Trinajstić information content (AvgIpc) is 3.45. The number of anilines is 1. The maximum absolute atomic E-state index is 12.4. The van der Waals surface area contributed by atoms with Gasteiger partial charge >= 0.3 is 12.6 Å². The molecule has 0 aromatic heterocycles. The minimum Gasteiger partial charge on any atom is -0.435 e. The van der Waals surface area contributed by atoms with Gasteiger partial charge in [-0.1, -0.05) is 6.07 Å². The molecule has 3 amide bonds. The molecule has 2 N–H and O–H groups in total. The lowest BCUT2D eigenvalue weighted by atomic mass is 10.2. The molecule has 1 saturated carbocycles. The van der Waals surface area contributed by atoms with Crippen molar-refractivity contribution in [1.82, 2.24) is 15.1 Å². The van der Waals surface area contributed by atoms with E-state index in [2.05, 4.69) is 20.3 Å². The van der Waals surface area contributed by atoms with Gasteiger partial charge in [-0.25, -0.2) is 4.79 Å². The van der Waals surface area contributed by atoms with E-state index in [1.807, 2.05) is 6.92 Å². The topological polar surface area (TPSA) is 73.9 Å². The van der Waals surface area contributed by atoms with Gasteiger partial charge in [0.05, 0.1) is 6.04 Å². The van der Waals surface area contributed by atoms with Crippen molar-refractivity contribution in [3.8, 4) is 5.75 Å². The normalized spacial score (nSPS) is 18.9. The van der Waals surface area contributed by atoms with Crippen LogP contribution in [0.4, 0.5) is 19.3 Å². The van der Waals surface area contributed by atoms with Gasteiger partial charge in [-0.05, 0) is 31.9 Å². The second kappa shape index (κ2) is 8.51. The average molecular weight is 382 g/mol. The monoisotopic (exact) mass is 382 g/mol.